The highest BCUT2D eigenvalue weighted by atomic mass is 19.1. The van der Waals surface area contributed by atoms with Crippen LogP contribution in [0.25, 0.3) is 0 Å². The van der Waals surface area contributed by atoms with Crippen molar-refractivity contribution in [3.05, 3.63) is 71.0 Å². The van der Waals surface area contributed by atoms with Crippen LogP contribution in [-0.4, -0.2) is 66.9 Å². The highest BCUT2D eigenvalue weighted by Gasteiger charge is 2.41. The van der Waals surface area contributed by atoms with Crippen molar-refractivity contribution in [2.75, 3.05) is 39.9 Å². The van der Waals surface area contributed by atoms with Crippen LogP contribution in [0.15, 0.2) is 48.5 Å². The summed E-state index contributed by atoms with van der Waals surface area (Å²) in [5.41, 5.74) is 1.44. The molecule has 1 fully saturated rings. The zero-order chi connectivity index (χ0) is 29.5. The summed E-state index contributed by atoms with van der Waals surface area (Å²) >= 11 is 0. The summed E-state index contributed by atoms with van der Waals surface area (Å²) in [7, 11) is 2.05. The number of rotatable bonds is 18. The Hall–Kier alpha value is -2.57. The molecule has 0 radical (unpaired) electrons. The highest BCUT2D eigenvalue weighted by Crippen LogP contribution is 2.30. The van der Waals surface area contributed by atoms with Crippen LogP contribution < -0.4 is 0 Å². The van der Waals surface area contributed by atoms with Crippen molar-refractivity contribution in [3.63, 3.8) is 0 Å². The lowest BCUT2D eigenvalue weighted by Gasteiger charge is -2.40. The van der Waals surface area contributed by atoms with Gasteiger partial charge in [-0.1, -0.05) is 83.8 Å². The van der Waals surface area contributed by atoms with Gasteiger partial charge in [0.15, 0.2) is 5.78 Å². The van der Waals surface area contributed by atoms with Crippen LogP contribution in [0, 0.1) is 5.82 Å². The zero-order valence-corrected chi connectivity index (χ0v) is 25.6. The van der Waals surface area contributed by atoms with Gasteiger partial charge in [0, 0.05) is 24.2 Å². The van der Waals surface area contributed by atoms with Gasteiger partial charge in [0.1, 0.15) is 5.82 Å². The van der Waals surface area contributed by atoms with Gasteiger partial charge >= 0.3 is 0 Å². The van der Waals surface area contributed by atoms with Crippen LogP contribution in [0.3, 0.4) is 0 Å². The first-order chi connectivity index (χ1) is 19.9. The predicted molar refractivity (Wildman–Crippen MR) is 165 cm³/mol. The summed E-state index contributed by atoms with van der Waals surface area (Å²) < 4.78 is 19.1. The molecular weight excluding hydrogens is 515 g/mol. The van der Waals surface area contributed by atoms with Gasteiger partial charge in [-0.2, -0.15) is 0 Å². The average Bonchev–Trinajstić information content (AvgIpc) is 3.01. The zero-order valence-electron chi connectivity index (χ0n) is 25.6. The Bertz CT molecular complexity index is 1050. The molecule has 1 saturated heterocycles. The number of likely N-dealkylation sites (N-methyl/N-ethyl adjacent to an activating group) is 1. The fourth-order valence-corrected chi connectivity index (χ4v) is 5.92. The summed E-state index contributed by atoms with van der Waals surface area (Å²) in [6.07, 6.45) is 13.8. The molecule has 226 valence electrons. The maximum Gasteiger partial charge on any atom is 0.254 e. The van der Waals surface area contributed by atoms with Crippen molar-refractivity contribution >= 4 is 11.7 Å². The number of hydrogen-bond donors (Lipinski definition) is 0. The van der Waals surface area contributed by atoms with Crippen LogP contribution in [0.5, 0.6) is 0 Å². The number of carbonyl (C=O) groups is 2. The van der Waals surface area contributed by atoms with Crippen molar-refractivity contribution in [3.8, 4) is 0 Å². The number of unbranched alkanes of at least 4 members (excludes halogenated alkanes) is 9. The third-order valence-electron chi connectivity index (χ3n) is 8.69. The first-order valence-corrected chi connectivity index (χ1v) is 15.9. The molecule has 1 atom stereocenters. The smallest absolute Gasteiger partial charge is 0.254 e. The van der Waals surface area contributed by atoms with E-state index in [1.54, 1.807) is 12.1 Å². The maximum absolute atomic E-state index is 14.1. The number of benzene rings is 2. The second-order valence-corrected chi connectivity index (χ2v) is 11.6. The van der Waals surface area contributed by atoms with E-state index in [-0.39, 0.29) is 17.5 Å². The summed E-state index contributed by atoms with van der Waals surface area (Å²) in [5, 5.41) is 0. The number of carbonyl (C=O) groups excluding carboxylic acids is 2. The van der Waals surface area contributed by atoms with E-state index in [1.807, 2.05) is 29.2 Å². The number of hydrogen-bond acceptors (Lipinski definition) is 4. The molecule has 41 heavy (non-hydrogen) atoms. The predicted octanol–water partition coefficient (Wildman–Crippen LogP) is 7.73. The van der Waals surface area contributed by atoms with E-state index in [0.717, 1.165) is 24.9 Å². The van der Waals surface area contributed by atoms with Crippen molar-refractivity contribution in [2.45, 2.75) is 96.4 Å². The van der Waals surface area contributed by atoms with Gasteiger partial charge < -0.3 is 9.64 Å². The maximum atomic E-state index is 14.1. The fourth-order valence-electron chi connectivity index (χ4n) is 5.92. The third kappa shape index (κ3) is 9.75. The van der Waals surface area contributed by atoms with E-state index in [1.165, 1.54) is 63.5 Å². The van der Waals surface area contributed by atoms with Crippen molar-refractivity contribution in [1.29, 1.82) is 0 Å². The Kier molecular flexibility index (Phi) is 14.0. The molecule has 0 N–H and O–H groups in total. The summed E-state index contributed by atoms with van der Waals surface area (Å²) in [6.45, 7) is 7.49. The van der Waals surface area contributed by atoms with Gasteiger partial charge in [0.05, 0.1) is 18.8 Å². The van der Waals surface area contributed by atoms with Gasteiger partial charge in [-0.15, -0.1) is 0 Å². The van der Waals surface area contributed by atoms with Crippen LogP contribution >= 0.6 is 0 Å². The number of ether oxygens (including phenoxy) is 1. The highest BCUT2D eigenvalue weighted by molar-refractivity contribution is 6.03. The summed E-state index contributed by atoms with van der Waals surface area (Å²) in [6, 6.07) is 13.6. The van der Waals surface area contributed by atoms with Crippen molar-refractivity contribution in [1.82, 2.24) is 9.80 Å². The van der Waals surface area contributed by atoms with E-state index in [9.17, 15) is 14.0 Å². The topological polar surface area (TPSA) is 49.9 Å². The lowest BCUT2D eigenvalue weighted by molar-refractivity contribution is 0.0303. The second-order valence-electron chi connectivity index (χ2n) is 11.6. The second kappa shape index (κ2) is 17.4. The van der Waals surface area contributed by atoms with Gasteiger partial charge in [0.25, 0.3) is 5.91 Å². The van der Waals surface area contributed by atoms with E-state index in [2.05, 4.69) is 25.8 Å². The Balaban J connectivity index is 1.66. The molecule has 1 aliphatic heterocycles. The van der Waals surface area contributed by atoms with E-state index < -0.39 is 5.54 Å². The molecule has 0 aliphatic carbocycles. The molecule has 6 heteroatoms. The Morgan fingerprint density at radius 1 is 0.805 bits per heavy atom. The molecular formula is C35H51FN2O3. The van der Waals surface area contributed by atoms with Gasteiger partial charge in [-0.3, -0.25) is 14.5 Å². The standard InChI is InChI=1S/C35H51FN2O3/c1-4-6-7-8-9-10-11-12-13-14-23-37(3)35(5-2,33(39)30-19-21-32(36)22-20-30)28-29-15-17-31(18-16-29)34(40)38-24-26-41-27-25-38/h15-22H,4-14,23-28H2,1-3H3. The first-order valence-electron chi connectivity index (χ1n) is 15.9. The van der Waals surface area contributed by atoms with Gasteiger partial charge in [-0.05, 0) is 74.8 Å². The third-order valence-corrected chi connectivity index (χ3v) is 8.69. The Morgan fingerprint density at radius 2 is 1.34 bits per heavy atom. The number of Topliss-reactive ketones (excluding diaryl/α,β-unsaturated/α-hetero) is 1. The fraction of sp³-hybridized carbons (Fsp3) is 0.600. The molecule has 5 nitrogen and oxygen atoms in total. The minimum Gasteiger partial charge on any atom is -0.378 e. The molecule has 3 rings (SSSR count). The lowest BCUT2D eigenvalue weighted by atomic mass is 9.79. The molecule has 2 aromatic rings. The number of ketones is 1. The average molecular weight is 567 g/mol. The molecule has 1 amide bonds. The SMILES string of the molecule is CCCCCCCCCCCCN(C)C(CC)(Cc1ccc(C(=O)N2CCOCC2)cc1)C(=O)c1ccc(F)cc1. The summed E-state index contributed by atoms with van der Waals surface area (Å²) in [5.74, 6) is -0.312. The van der Waals surface area contributed by atoms with Crippen LogP contribution in [0.4, 0.5) is 4.39 Å². The van der Waals surface area contributed by atoms with Crippen LogP contribution in [0.1, 0.15) is 111 Å². The van der Waals surface area contributed by atoms with Crippen molar-refractivity contribution < 1.29 is 18.7 Å². The van der Waals surface area contributed by atoms with Gasteiger partial charge in [-0.25, -0.2) is 4.39 Å². The van der Waals surface area contributed by atoms with E-state index in [4.69, 9.17) is 4.74 Å². The molecule has 1 aliphatic rings. The molecule has 1 unspecified atom stereocenters. The molecule has 0 spiro atoms. The number of amides is 1. The normalized spacial score (nSPS) is 15.2. The minimum absolute atomic E-state index is 0.0158. The number of nitrogens with zero attached hydrogens (tertiary/aromatic N) is 2. The van der Waals surface area contributed by atoms with Crippen LogP contribution in [-0.2, 0) is 11.2 Å². The number of halogens is 1. The summed E-state index contributed by atoms with van der Waals surface area (Å²) in [4.78, 5) is 31.1. The van der Waals surface area contributed by atoms with E-state index >= 15 is 0 Å². The first kappa shape index (κ1) is 32.9. The minimum atomic E-state index is -0.757. The molecule has 1 heterocycles. The molecule has 0 aromatic heterocycles. The quantitative estimate of drug-likeness (QED) is 0.137. The molecule has 2 aromatic carbocycles. The number of morpholine rings is 1. The van der Waals surface area contributed by atoms with Crippen LogP contribution in [0.2, 0.25) is 0 Å². The Morgan fingerprint density at radius 3 is 1.90 bits per heavy atom. The van der Waals surface area contributed by atoms with Gasteiger partial charge in [0.2, 0.25) is 0 Å². The molecule has 0 saturated carbocycles. The monoisotopic (exact) mass is 566 g/mol. The largest absolute Gasteiger partial charge is 0.378 e. The molecule has 0 bridgehead atoms. The Labute approximate surface area is 247 Å². The lowest BCUT2D eigenvalue weighted by Crippen LogP contribution is -2.54. The van der Waals surface area contributed by atoms with E-state index in [0.29, 0.717) is 50.3 Å². The van der Waals surface area contributed by atoms with Crippen molar-refractivity contribution in [2.24, 2.45) is 0 Å².